The summed E-state index contributed by atoms with van der Waals surface area (Å²) in [6.45, 7) is 6.15. The highest BCUT2D eigenvalue weighted by Gasteiger charge is 2.48. The summed E-state index contributed by atoms with van der Waals surface area (Å²) < 4.78 is 0. The minimum Gasteiger partial charge on any atom is -0.481 e. The smallest absolute Gasteiger partial charge is 0.307 e. The van der Waals surface area contributed by atoms with Crippen LogP contribution in [0.1, 0.15) is 32.9 Å². The van der Waals surface area contributed by atoms with Gasteiger partial charge in [-0.05, 0) is 6.42 Å². The molecule has 0 radical (unpaired) electrons. The number of carboxylic acids is 1. The minimum atomic E-state index is -0.898. The van der Waals surface area contributed by atoms with Gasteiger partial charge in [0.1, 0.15) is 0 Å². The summed E-state index contributed by atoms with van der Waals surface area (Å²) in [5.74, 6) is -2.06. The van der Waals surface area contributed by atoms with E-state index < -0.39 is 17.8 Å². The zero-order chi connectivity index (χ0) is 13.5. The first-order chi connectivity index (χ1) is 8.29. The molecule has 2 atom stereocenters. The molecule has 1 aromatic heterocycles. The zero-order valence-corrected chi connectivity index (χ0v) is 11.4. The summed E-state index contributed by atoms with van der Waals surface area (Å²) in [6.07, 6.45) is 0.429. The van der Waals surface area contributed by atoms with Gasteiger partial charge >= 0.3 is 5.97 Å². The van der Waals surface area contributed by atoms with Crippen molar-refractivity contribution in [3.8, 4) is 0 Å². The van der Waals surface area contributed by atoms with Crippen LogP contribution >= 0.6 is 11.3 Å². The Labute approximate surface area is 109 Å². The molecule has 6 heteroatoms. The van der Waals surface area contributed by atoms with Crippen molar-refractivity contribution in [1.29, 1.82) is 0 Å². The van der Waals surface area contributed by atoms with Crippen molar-refractivity contribution in [2.24, 2.45) is 11.8 Å². The molecule has 0 bridgehead atoms. The van der Waals surface area contributed by atoms with Crippen molar-refractivity contribution in [1.82, 2.24) is 4.98 Å². The number of nitrogens with zero attached hydrogens (tertiary/aromatic N) is 1. The van der Waals surface area contributed by atoms with Crippen LogP contribution in [-0.2, 0) is 15.0 Å². The average molecular weight is 268 g/mol. The molecule has 1 amide bonds. The molecule has 1 fully saturated rings. The van der Waals surface area contributed by atoms with Crippen LogP contribution < -0.4 is 5.32 Å². The highest BCUT2D eigenvalue weighted by molar-refractivity contribution is 7.13. The van der Waals surface area contributed by atoms with Gasteiger partial charge in [-0.15, -0.1) is 11.3 Å². The van der Waals surface area contributed by atoms with Crippen LogP contribution in [0.2, 0.25) is 0 Å². The van der Waals surface area contributed by atoms with Gasteiger partial charge in [0.15, 0.2) is 5.13 Å². The fraction of sp³-hybridized carbons (Fsp3) is 0.583. The highest BCUT2D eigenvalue weighted by Crippen LogP contribution is 2.39. The van der Waals surface area contributed by atoms with E-state index in [1.54, 1.807) is 0 Å². The van der Waals surface area contributed by atoms with Crippen molar-refractivity contribution in [2.75, 3.05) is 5.32 Å². The van der Waals surface area contributed by atoms with E-state index in [-0.39, 0.29) is 11.3 Å². The van der Waals surface area contributed by atoms with Crippen LogP contribution in [0.5, 0.6) is 0 Å². The molecular formula is C12H16N2O3S. The monoisotopic (exact) mass is 268 g/mol. The number of nitrogens with one attached hydrogen (secondary N) is 1. The second-order valence-corrected chi connectivity index (χ2v) is 6.42. The van der Waals surface area contributed by atoms with E-state index in [0.29, 0.717) is 11.6 Å². The lowest BCUT2D eigenvalue weighted by atomic mass is 9.93. The summed E-state index contributed by atoms with van der Waals surface area (Å²) in [5.41, 5.74) is 0.872. The Balaban J connectivity index is 1.97. The molecule has 2 rings (SSSR count). The van der Waals surface area contributed by atoms with E-state index in [1.165, 1.54) is 11.3 Å². The first-order valence-corrected chi connectivity index (χ1v) is 6.66. The molecule has 2 N–H and O–H groups in total. The van der Waals surface area contributed by atoms with E-state index in [1.807, 2.05) is 5.38 Å². The maximum absolute atomic E-state index is 11.7. The Hall–Kier alpha value is -1.43. The Morgan fingerprint density at radius 1 is 1.44 bits per heavy atom. The van der Waals surface area contributed by atoms with E-state index in [4.69, 9.17) is 5.11 Å². The highest BCUT2D eigenvalue weighted by atomic mass is 32.1. The summed E-state index contributed by atoms with van der Waals surface area (Å²) in [6, 6.07) is 0. The quantitative estimate of drug-likeness (QED) is 0.879. The lowest BCUT2D eigenvalue weighted by molar-refractivity contribution is -0.139. The number of thiazole rings is 1. The largest absolute Gasteiger partial charge is 0.481 e. The number of rotatable bonds is 3. The number of carboxylic acid groups (broad SMARTS) is 1. The van der Waals surface area contributed by atoms with Crippen LogP contribution in [0, 0.1) is 11.8 Å². The van der Waals surface area contributed by atoms with Crippen LogP contribution in [0.3, 0.4) is 0 Å². The lowest BCUT2D eigenvalue weighted by Gasteiger charge is -2.14. The molecule has 1 aliphatic carbocycles. The van der Waals surface area contributed by atoms with Gasteiger partial charge in [0.2, 0.25) is 5.91 Å². The van der Waals surface area contributed by atoms with Crippen molar-refractivity contribution >= 4 is 28.3 Å². The third-order valence-corrected chi connectivity index (χ3v) is 3.70. The first kappa shape index (κ1) is 13.0. The van der Waals surface area contributed by atoms with E-state index in [0.717, 1.165) is 5.69 Å². The van der Waals surface area contributed by atoms with E-state index in [9.17, 15) is 9.59 Å². The Morgan fingerprint density at radius 2 is 2.11 bits per heavy atom. The minimum absolute atomic E-state index is 0.0529. The molecule has 5 nitrogen and oxygen atoms in total. The van der Waals surface area contributed by atoms with Gasteiger partial charge in [-0.1, -0.05) is 20.8 Å². The van der Waals surface area contributed by atoms with Crippen molar-refractivity contribution in [3.05, 3.63) is 11.1 Å². The molecule has 1 saturated carbocycles. The summed E-state index contributed by atoms with van der Waals surface area (Å²) in [5, 5.41) is 13.9. The molecule has 1 heterocycles. The predicted molar refractivity (Wildman–Crippen MR) is 68.7 cm³/mol. The molecule has 0 aromatic carbocycles. The van der Waals surface area contributed by atoms with Crippen molar-refractivity contribution in [3.63, 3.8) is 0 Å². The normalized spacial score (nSPS) is 22.6. The number of anilines is 1. The SMILES string of the molecule is CC(C)(C)c1csc(NC(=O)[C@@H]2C[C@@H]2C(=O)O)n1. The lowest BCUT2D eigenvalue weighted by Crippen LogP contribution is -2.17. The predicted octanol–water partition coefficient (Wildman–Crippen LogP) is 2.10. The first-order valence-electron chi connectivity index (χ1n) is 5.78. The fourth-order valence-electron chi connectivity index (χ4n) is 1.63. The van der Waals surface area contributed by atoms with E-state index in [2.05, 4.69) is 31.1 Å². The number of amides is 1. The second-order valence-electron chi connectivity index (χ2n) is 5.56. The molecule has 0 aliphatic heterocycles. The number of aromatic nitrogens is 1. The maximum Gasteiger partial charge on any atom is 0.307 e. The molecular weight excluding hydrogens is 252 g/mol. The third kappa shape index (κ3) is 2.69. The standard InChI is InChI=1S/C12H16N2O3S/c1-12(2,3)8-5-18-11(13-8)14-9(15)6-4-7(6)10(16)17/h5-7H,4H2,1-3H3,(H,16,17)(H,13,14,15)/t6-,7+/m1/s1. The number of carbonyl (C=O) groups is 2. The van der Waals surface area contributed by atoms with Crippen LogP contribution in [0.4, 0.5) is 5.13 Å². The Kier molecular flexibility index (Phi) is 3.14. The number of hydrogen-bond donors (Lipinski definition) is 2. The number of carbonyl (C=O) groups excluding carboxylic acids is 1. The average Bonchev–Trinajstić information content (AvgIpc) is 2.91. The Bertz CT molecular complexity index is 490. The molecule has 18 heavy (non-hydrogen) atoms. The summed E-state index contributed by atoms with van der Waals surface area (Å²) >= 11 is 1.37. The van der Waals surface area contributed by atoms with Gasteiger partial charge in [0.25, 0.3) is 0 Å². The molecule has 98 valence electrons. The Morgan fingerprint density at radius 3 is 2.56 bits per heavy atom. The number of aliphatic carboxylic acids is 1. The van der Waals surface area contributed by atoms with Gasteiger partial charge in [-0.25, -0.2) is 4.98 Å². The fourth-order valence-corrected chi connectivity index (χ4v) is 2.57. The number of hydrogen-bond acceptors (Lipinski definition) is 4. The van der Waals surface area contributed by atoms with Crippen molar-refractivity contribution < 1.29 is 14.7 Å². The van der Waals surface area contributed by atoms with Gasteiger partial charge in [0, 0.05) is 10.8 Å². The van der Waals surface area contributed by atoms with E-state index >= 15 is 0 Å². The van der Waals surface area contributed by atoms with Crippen LogP contribution in [0.25, 0.3) is 0 Å². The maximum atomic E-state index is 11.7. The second kappa shape index (κ2) is 4.35. The molecule has 0 unspecified atom stereocenters. The molecule has 1 aromatic rings. The summed E-state index contributed by atoms with van der Waals surface area (Å²) in [4.78, 5) is 26.8. The van der Waals surface area contributed by atoms with Gasteiger partial charge in [-0.2, -0.15) is 0 Å². The summed E-state index contributed by atoms with van der Waals surface area (Å²) in [7, 11) is 0. The van der Waals surface area contributed by atoms with Gasteiger partial charge in [-0.3, -0.25) is 9.59 Å². The van der Waals surface area contributed by atoms with Gasteiger partial charge < -0.3 is 10.4 Å². The molecule has 0 saturated heterocycles. The third-order valence-electron chi connectivity index (χ3n) is 2.95. The van der Waals surface area contributed by atoms with Crippen LogP contribution in [0.15, 0.2) is 5.38 Å². The van der Waals surface area contributed by atoms with Gasteiger partial charge in [0.05, 0.1) is 17.5 Å². The zero-order valence-electron chi connectivity index (χ0n) is 10.6. The van der Waals surface area contributed by atoms with Crippen LogP contribution in [-0.4, -0.2) is 22.0 Å². The molecule has 0 spiro atoms. The molecule has 1 aliphatic rings. The van der Waals surface area contributed by atoms with Crippen molar-refractivity contribution in [2.45, 2.75) is 32.6 Å². The topological polar surface area (TPSA) is 79.3 Å².